The van der Waals surface area contributed by atoms with Gasteiger partial charge in [-0.05, 0) is 0 Å². The summed E-state index contributed by atoms with van der Waals surface area (Å²) in [7, 11) is 0. The molecular formula is C12H20N4O5. The molecule has 0 radical (unpaired) electrons. The summed E-state index contributed by atoms with van der Waals surface area (Å²) >= 11 is 0. The van der Waals surface area contributed by atoms with Gasteiger partial charge in [0.05, 0.1) is 32.0 Å². The summed E-state index contributed by atoms with van der Waals surface area (Å²) in [5, 5.41) is 36.5. The second-order valence-electron chi connectivity index (χ2n) is 4.81. The Kier molecular flexibility index (Phi) is 5.39. The van der Waals surface area contributed by atoms with Crippen molar-refractivity contribution >= 4 is 0 Å². The molecule has 1 aromatic rings. The maximum atomic E-state index is 10.0. The van der Waals surface area contributed by atoms with E-state index in [-0.39, 0.29) is 19.8 Å². The van der Waals surface area contributed by atoms with E-state index in [1.165, 1.54) is 17.0 Å². The number of aliphatic hydroxyl groups is 3. The third-order valence-electron chi connectivity index (χ3n) is 3.24. The average Bonchev–Trinajstić information content (AvgIpc) is 2.94. The van der Waals surface area contributed by atoms with E-state index in [9.17, 15) is 10.2 Å². The van der Waals surface area contributed by atoms with Crippen molar-refractivity contribution in [3.8, 4) is 0 Å². The first-order valence-corrected chi connectivity index (χ1v) is 6.56. The van der Waals surface area contributed by atoms with Crippen LogP contribution >= 0.6 is 0 Å². The highest BCUT2D eigenvalue weighted by atomic mass is 16.7. The fourth-order valence-electron chi connectivity index (χ4n) is 2.10. The zero-order valence-corrected chi connectivity index (χ0v) is 11.4. The molecule has 5 N–H and O–H groups in total. The molecule has 9 nitrogen and oxygen atoms in total. The molecular weight excluding hydrogens is 280 g/mol. The quantitative estimate of drug-likeness (QED) is 0.432. The zero-order valence-electron chi connectivity index (χ0n) is 11.4. The minimum absolute atomic E-state index is 0.145. The summed E-state index contributed by atoms with van der Waals surface area (Å²) in [5.74, 6) is 0. The molecule has 21 heavy (non-hydrogen) atoms. The van der Waals surface area contributed by atoms with Gasteiger partial charge in [0.2, 0.25) is 0 Å². The van der Waals surface area contributed by atoms with Crippen LogP contribution in [0.4, 0.5) is 0 Å². The van der Waals surface area contributed by atoms with E-state index in [2.05, 4.69) is 16.9 Å². The minimum atomic E-state index is -1.18. The first kappa shape index (κ1) is 16.0. The first-order chi connectivity index (χ1) is 10.1. The van der Waals surface area contributed by atoms with Crippen molar-refractivity contribution in [3.05, 3.63) is 24.5 Å². The van der Waals surface area contributed by atoms with Gasteiger partial charge in [-0.25, -0.2) is 4.68 Å². The molecule has 1 aliphatic heterocycles. The van der Waals surface area contributed by atoms with Crippen molar-refractivity contribution < 1.29 is 24.8 Å². The third-order valence-corrected chi connectivity index (χ3v) is 3.24. The molecule has 4 unspecified atom stereocenters. The summed E-state index contributed by atoms with van der Waals surface area (Å²) in [4.78, 5) is 0. The molecule has 0 aromatic carbocycles. The van der Waals surface area contributed by atoms with Crippen LogP contribution in [0.3, 0.4) is 0 Å². The number of aliphatic hydroxyl groups excluding tert-OH is 3. The Labute approximate surface area is 121 Å². The number of ether oxygens (including phenoxy) is 2. The zero-order chi connectivity index (χ0) is 15.4. The molecule has 5 atom stereocenters. The van der Waals surface area contributed by atoms with Crippen molar-refractivity contribution in [2.75, 3.05) is 6.61 Å². The summed E-state index contributed by atoms with van der Waals surface area (Å²) in [6, 6.07) is -0.861. The predicted molar refractivity (Wildman–Crippen MR) is 70.7 cm³/mol. The van der Waals surface area contributed by atoms with Gasteiger partial charge in [-0.3, -0.25) is 0 Å². The van der Waals surface area contributed by atoms with Crippen LogP contribution in [-0.4, -0.2) is 67.6 Å². The van der Waals surface area contributed by atoms with Crippen LogP contribution in [0.2, 0.25) is 0 Å². The van der Waals surface area contributed by atoms with Gasteiger partial charge in [-0.15, -0.1) is 11.7 Å². The molecule has 1 fully saturated rings. The lowest BCUT2D eigenvalue weighted by atomic mass is 9.97. The standard InChI is InChI=1S/C12H20N4O5/c1-2-3-20-12-9(13)11(19)10(18)8(21-12)5-16-4-7(6-17)14-15-16/h2,4,8-12,17-19H,1,3,5-6,13H2/t8-,9?,10?,11?,12?/m0/s1. The summed E-state index contributed by atoms with van der Waals surface area (Å²) in [5.41, 5.74) is 6.17. The Morgan fingerprint density at radius 1 is 1.48 bits per heavy atom. The van der Waals surface area contributed by atoms with Gasteiger partial charge in [0.15, 0.2) is 6.29 Å². The number of nitrogens with zero attached hydrogens (tertiary/aromatic N) is 3. The highest BCUT2D eigenvalue weighted by Gasteiger charge is 2.43. The summed E-state index contributed by atoms with van der Waals surface area (Å²) in [6.45, 7) is 3.65. The topological polar surface area (TPSA) is 136 Å². The molecule has 118 valence electrons. The maximum absolute atomic E-state index is 10.0. The number of rotatable bonds is 6. The van der Waals surface area contributed by atoms with Crippen LogP contribution in [0.15, 0.2) is 18.9 Å². The Morgan fingerprint density at radius 3 is 2.86 bits per heavy atom. The second-order valence-corrected chi connectivity index (χ2v) is 4.81. The molecule has 0 saturated carbocycles. The Hall–Kier alpha value is -1.36. The van der Waals surface area contributed by atoms with Crippen LogP contribution < -0.4 is 5.73 Å². The van der Waals surface area contributed by atoms with Crippen LogP contribution in [0.25, 0.3) is 0 Å². The van der Waals surface area contributed by atoms with E-state index >= 15 is 0 Å². The molecule has 1 aromatic heterocycles. The van der Waals surface area contributed by atoms with Gasteiger partial charge < -0.3 is 30.5 Å². The number of aromatic nitrogens is 3. The molecule has 0 amide bonds. The predicted octanol–water partition coefficient (Wildman–Crippen LogP) is -2.25. The van der Waals surface area contributed by atoms with Crippen molar-refractivity contribution in [2.24, 2.45) is 5.73 Å². The number of nitrogens with two attached hydrogens (primary N) is 1. The highest BCUT2D eigenvalue weighted by Crippen LogP contribution is 2.22. The van der Waals surface area contributed by atoms with Crippen LogP contribution in [0.1, 0.15) is 5.69 Å². The fourth-order valence-corrected chi connectivity index (χ4v) is 2.10. The largest absolute Gasteiger partial charge is 0.390 e. The van der Waals surface area contributed by atoms with Gasteiger partial charge in [-0.1, -0.05) is 11.3 Å². The molecule has 0 bridgehead atoms. The van der Waals surface area contributed by atoms with E-state index in [4.69, 9.17) is 20.3 Å². The van der Waals surface area contributed by atoms with Gasteiger partial charge >= 0.3 is 0 Å². The van der Waals surface area contributed by atoms with Crippen LogP contribution in [-0.2, 0) is 22.6 Å². The lowest BCUT2D eigenvalue weighted by Gasteiger charge is -2.40. The van der Waals surface area contributed by atoms with Gasteiger partial charge in [-0.2, -0.15) is 0 Å². The number of hydrogen-bond donors (Lipinski definition) is 4. The molecule has 2 heterocycles. The number of hydrogen-bond acceptors (Lipinski definition) is 8. The van der Waals surface area contributed by atoms with Crippen molar-refractivity contribution in [3.63, 3.8) is 0 Å². The molecule has 2 rings (SSSR count). The van der Waals surface area contributed by atoms with Crippen molar-refractivity contribution in [1.29, 1.82) is 0 Å². The molecule has 9 heteroatoms. The Bertz CT molecular complexity index is 468. The smallest absolute Gasteiger partial charge is 0.176 e. The molecule has 0 aliphatic carbocycles. The average molecular weight is 300 g/mol. The lowest BCUT2D eigenvalue weighted by molar-refractivity contribution is -0.259. The Morgan fingerprint density at radius 2 is 2.24 bits per heavy atom. The van der Waals surface area contributed by atoms with Gasteiger partial charge in [0.25, 0.3) is 0 Å². The van der Waals surface area contributed by atoms with Crippen LogP contribution in [0, 0.1) is 0 Å². The lowest BCUT2D eigenvalue weighted by Crippen LogP contribution is -2.62. The van der Waals surface area contributed by atoms with Gasteiger partial charge in [0, 0.05) is 0 Å². The summed E-state index contributed by atoms with van der Waals surface area (Å²) in [6.07, 6.45) is -0.913. The normalized spacial score (nSPS) is 33.0. The molecule has 0 spiro atoms. The van der Waals surface area contributed by atoms with E-state index in [1.54, 1.807) is 0 Å². The minimum Gasteiger partial charge on any atom is -0.390 e. The second kappa shape index (κ2) is 7.07. The van der Waals surface area contributed by atoms with Gasteiger partial charge in [0.1, 0.15) is 24.0 Å². The summed E-state index contributed by atoms with van der Waals surface area (Å²) < 4.78 is 12.3. The van der Waals surface area contributed by atoms with E-state index in [0.717, 1.165) is 0 Å². The monoisotopic (exact) mass is 300 g/mol. The first-order valence-electron chi connectivity index (χ1n) is 6.56. The highest BCUT2D eigenvalue weighted by molar-refractivity contribution is 4.94. The third kappa shape index (κ3) is 3.64. The van der Waals surface area contributed by atoms with E-state index < -0.39 is 30.6 Å². The molecule has 1 saturated heterocycles. The van der Waals surface area contributed by atoms with Crippen molar-refractivity contribution in [1.82, 2.24) is 15.0 Å². The maximum Gasteiger partial charge on any atom is 0.176 e. The van der Waals surface area contributed by atoms with Crippen LogP contribution in [0.5, 0.6) is 0 Å². The SMILES string of the molecule is C=CCOC1O[C@@H](Cn2cc(CO)nn2)C(O)C(O)C1N. The fraction of sp³-hybridized carbons (Fsp3) is 0.667. The Balaban J connectivity index is 2.04. The van der Waals surface area contributed by atoms with E-state index in [0.29, 0.717) is 5.69 Å². The molecule has 1 aliphatic rings. The van der Waals surface area contributed by atoms with Crippen molar-refractivity contribution in [2.45, 2.75) is 43.8 Å². The van der Waals surface area contributed by atoms with E-state index in [1.807, 2.05) is 0 Å².